The van der Waals surface area contributed by atoms with Gasteiger partial charge in [0.05, 0.1) is 16.3 Å². The smallest absolute Gasteiger partial charge is 0.345 e. The van der Waals surface area contributed by atoms with Gasteiger partial charge in [-0.15, -0.1) is 10.2 Å². The first-order valence-electron chi connectivity index (χ1n) is 8.40. The highest BCUT2D eigenvalue weighted by Crippen LogP contribution is 2.28. The van der Waals surface area contributed by atoms with Crippen molar-refractivity contribution in [2.45, 2.75) is 23.4 Å². The largest absolute Gasteiger partial charge is 0.464 e. The molecular weight excluding hydrogens is 518 g/mol. The first-order valence-corrected chi connectivity index (χ1v) is 11.4. The van der Waals surface area contributed by atoms with Gasteiger partial charge in [-0.2, -0.15) is 0 Å². The molecule has 2 aromatic heterocycles. The standard InChI is InChI=1S/C18H13BrClN3O5S2/c1-2-15(25)21-17-22-23-18(30-17)29-8-10-6-13(24)14(7-27-10)28-16(26)11-5-9(19)3-4-12(11)20/h3-7H,2,8H2,1H3,(H,21,22,25). The Balaban J connectivity index is 1.63. The van der Waals surface area contributed by atoms with E-state index in [-0.39, 0.29) is 22.2 Å². The van der Waals surface area contributed by atoms with Gasteiger partial charge >= 0.3 is 5.97 Å². The van der Waals surface area contributed by atoms with Crippen molar-refractivity contribution >= 4 is 67.6 Å². The zero-order valence-corrected chi connectivity index (χ0v) is 19.3. The molecule has 12 heteroatoms. The molecule has 0 radical (unpaired) electrons. The number of esters is 1. The predicted octanol–water partition coefficient (Wildman–Crippen LogP) is 4.77. The monoisotopic (exact) mass is 529 g/mol. The number of amides is 1. The fourth-order valence-electron chi connectivity index (χ4n) is 2.06. The van der Waals surface area contributed by atoms with Crippen LogP contribution in [0.1, 0.15) is 29.5 Å². The number of thioether (sulfide) groups is 1. The minimum atomic E-state index is -0.772. The molecule has 2 heterocycles. The second kappa shape index (κ2) is 10.2. The van der Waals surface area contributed by atoms with Gasteiger partial charge in [0.15, 0.2) is 4.34 Å². The molecule has 0 aliphatic heterocycles. The van der Waals surface area contributed by atoms with Gasteiger partial charge in [-0.25, -0.2) is 4.79 Å². The quantitative estimate of drug-likeness (QED) is 0.264. The maximum absolute atomic E-state index is 12.3. The number of hydrogen-bond donors (Lipinski definition) is 1. The normalized spacial score (nSPS) is 10.6. The van der Waals surface area contributed by atoms with Gasteiger partial charge in [0.2, 0.25) is 22.2 Å². The average Bonchev–Trinajstić information content (AvgIpc) is 3.17. The van der Waals surface area contributed by atoms with Crippen molar-refractivity contribution < 1.29 is 18.7 Å². The molecule has 3 aromatic rings. The highest BCUT2D eigenvalue weighted by molar-refractivity contribution is 9.10. The summed E-state index contributed by atoms with van der Waals surface area (Å²) in [5.41, 5.74) is -0.392. The van der Waals surface area contributed by atoms with Crippen LogP contribution in [0.3, 0.4) is 0 Å². The second-order valence-electron chi connectivity index (χ2n) is 5.65. The van der Waals surface area contributed by atoms with E-state index in [1.54, 1.807) is 13.0 Å². The molecule has 0 spiro atoms. The molecule has 0 atom stereocenters. The van der Waals surface area contributed by atoms with Crippen molar-refractivity contribution in [3.63, 3.8) is 0 Å². The molecule has 0 unspecified atom stereocenters. The van der Waals surface area contributed by atoms with Crippen LogP contribution < -0.4 is 15.5 Å². The minimum absolute atomic E-state index is 0.118. The van der Waals surface area contributed by atoms with Crippen LogP contribution in [0.5, 0.6) is 5.75 Å². The first-order chi connectivity index (χ1) is 14.4. The molecule has 1 N–H and O–H groups in total. The molecule has 0 saturated heterocycles. The van der Waals surface area contributed by atoms with Gasteiger partial charge in [-0.1, -0.05) is 57.6 Å². The number of rotatable bonds is 7. The molecule has 3 rings (SSSR count). The van der Waals surface area contributed by atoms with Crippen molar-refractivity contribution in [1.29, 1.82) is 0 Å². The van der Waals surface area contributed by atoms with Crippen LogP contribution in [0.2, 0.25) is 5.02 Å². The Bertz CT molecular complexity index is 1150. The number of hydrogen-bond acceptors (Lipinski definition) is 9. The number of carbonyl (C=O) groups excluding carboxylic acids is 2. The molecule has 0 aliphatic rings. The second-order valence-corrected chi connectivity index (χ2v) is 9.17. The lowest BCUT2D eigenvalue weighted by Crippen LogP contribution is -2.15. The fourth-order valence-corrected chi connectivity index (χ4v) is 4.27. The van der Waals surface area contributed by atoms with E-state index in [1.165, 1.54) is 41.3 Å². The van der Waals surface area contributed by atoms with Crippen molar-refractivity contribution in [2.75, 3.05) is 5.32 Å². The molecule has 0 fully saturated rings. The SMILES string of the molecule is CCC(=O)Nc1nnc(SCc2cc(=O)c(OC(=O)c3cc(Br)ccc3Cl)co2)s1. The Labute approximate surface area is 192 Å². The summed E-state index contributed by atoms with van der Waals surface area (Å²) in [4.78, 5) is 35.9. The van der Waals surface area contributed by atoms with Gasteiger partial charge in [0.25, 0.3) is 0 Å². The van der Waals surface area contributed by atoms with E-state index in [9.17, 15) is 14.4 Å². The van der Waals surface area contributed by atoms with Crippen LogP contribution >= 0.6 is 50.6 Å². The number of halogens is 2. The van der Waals surface area contributed by atoms with Gasteiger partial charge in [0.1, 0.15) is 12.0 Å². The van der Waals surface area contributed by atoms with Crippen molar-refractivity contribution in [2.24, 2.45) is 0 Å². The van der Waals surface area contributed by atoms with E-state index >= 15 is 0 Å². The lowest BCUT2D eigenvalue weighted by atomic mass is 10.2. The fraction of sp³-hybridized carbons (Fsp3) is 0.167. The molecule has 1 amide bonds. The highest BCUT2D eigenvalue weighted by atomic mass is 79.9. The zero-order valence-electron chi connectivity index (χ0n) is 15.3. The van der Waals surface area contributed by atoms with Crippen LogP contribution in [0, 0.1) is 0 Å². The summed E-state index contributed by atoms with van der Waals surface area (Å²) in [5.74, 6) is -0.504. The maximum Gasteiger partial charge on any atom is 0.345 e. The average molecular weight is 531 g/mol. The molecule has 156 valence electrons. The molecule has 30 heavy (non-hydrogen) atoms. The van der Waals surface area contributed by atoms with Crippen LogP contribution in [-0.4, -0.2) is 22.1 Å². The van der Waals surface area contributed by atoms with E-state index in [0.29, 0.717) is 31.9 Å². The number of anilines is 1. The van der Waals surface area contributed by atoms with Crippen LogP contribution in [0.25, 0.3) is 0 Å². The molecule has 8 nitrogen and oxygen atoms in total. The van der Waals surface area contributed by atoms with Crippen molar-refractivity contribution in [3.8, 4) is 5.75 Å². The number of nitrogens with zero attached hydrogens (tertiary/aromatic N) is 2. The first kappa shape index (κ1) is 22.5. The van der Waals surface area contributed by atoms with Gasteiger partial charge < -0.3 is 14.5 Å². The summed E-state index contributed by atoms with van der Waals surface area (Å²) in [7, 11) is 0. The predicted molar refractivity (Wildman–Crippen MR) is 117 cm³/mol. The third kappa shape index (κ3) is 5.91. The summed E-state index contributed by atoms with van der Waals surface area (Å²) in [6, 6.07) is 5.95. The summed E-state index contributed by atoms with van der Waals surface area (Å²) < 4.78 is 11.8. The molecule has 0 saturated carbocycles. The number of aromatic nitrogens is 2. The number of ether oxygens (including phenoxy) is 1. The number of carbonyl (C=O) groups is 2. The minimum Gasteiger partial charge on any atom is -0.464 e. The van der Waals surface area contributed by atoms with Crippen molar-refractivity contribution in [1.82, 2.24) is 10.2 Å². The Kier molecular flexibility index (Phi) is 7.64. The number of nitrogens with one attached hydrogen (secondary N) is 1. The highest BCUT2D eigenvalue weighted by Gasteiger charge is 2.16. The van der Waals surface area contributed by atoms with E-state index in [0.717, 1.165) is 6.26 Å². The van der Waals surface area contributed by atoms with Gasteiger partial charge in [-0.05, 0) is 18.2 Å². The topological polar surface area (TPSA) is 111 Å². The van der Waals surface area contributed by atoms with E-state index in [4.69, 9.17) is 20.8 Å². The number of benzene rings is 1. The Morgan fingerprint density at radius 2 is 2.13 bits per heavy atom. The lowest BCUT2D eigenvalue weighted by molar-refractivity contribution is -0.115. The summed E-state index contributed by atoms with van der Waals surface area (Å²) >= 11 is 11.8. The molecule has 1 aromatic carbocycles. The van der Waals surface area contributed by atoms with E-state index in [1.807, 2.05) is 0 Å². The van der Waals surface area contributed by atoms with Gasteiger partial charge in [-0.3, -0.25) is 9.59 Å². The van der Waals surface area contributed by atoms with E-state index in [2.05, 4.69) is 31.4 Å². The third-order valence-corrected chi connectivity index (χ3v) is 6.33. The van der Waals surface area contributed by atoms with Crippen molar-refractivity contribution in [3.05, 3.63) is 61.6 Å². The maximum atomic E-state index is 12.3. The van der Waals surface area contributed by atoms with Crippen LogP contribution in [-0.2, 0) is 10.5 Å². The summed E-state index contributed by atoms with van der Waals surface area (Å²) in [5, 5.41) is 11.1. The lowest BCUT2D eigenvalue weighted by Gasteiger charge is -2.06. The summed E-state index contributed by atoms with van der Waals surface area (Å²) in [6.45, 7) is 1.74. The Morgan fingerprint density at radius 1 is 1.33 bits per heavy atom. The third-order valence-electron chi connectivity index (χ3n) is 3.52. The Morgan fingerprint density at radius 3 is 2.87 bits per heavy atom. The van der Waals surface area contributed by atoms with Crippen LogP contribution in [0.4, 0.5) is 5.13 Å². The summed E-state index contributed by atoms with van der Waals surface area (Å²) in [6.07, 6.45) is 1.42. The molecule has 0 aliphatic carbocycles. The Hall–Kier alpha value is -2.21. The zero-order chi connectivity index (χ0) is 21.7. The van der Waals surface area contributed by atoms with E-state index < -0.39 is 11.4 Å². The molecule has 0 bridgehead atoms. The van der Waals surface area contributed by atoms with Gasteiger partial charge in [0, 0.05) is 17.0 Å². The van der Waals surface area contributed by atoms with Crippen LogP contribution in [0.15, 0.2) is 48.6 Å². The molecular formula is C18H13BrClN3O5S2.